The third kappa shape index (κ3) is 3.67. The van der Waals surface area contributed by atoms with Gasteiger partial charge >= 0.3 is 0 Å². The van der Waals surface area contributed by atoms with Crippen molar-refractivity contribution in [3.05, 3.63) is 16.9 Å². The van der Waals surface area contributed by atoms with Crippen LogP contribution in [0.4, 0.5) is 17.5 Å². The van der Waals surface area contributed by atoms with Crippen LogP contribution in [0.1, 0.15) is 12.6 Å². The maximum Gasteiger partial charge on any atom is 0.257 e. The summed E-state index contributed by atoms with van der Waals surface area (Å²) in [6.45, 7) is 7.23. The number of methoxy groups -OCH3 is 1. The summed E-state index contributed by atoms with van der Waals surface area (Å²) < 4.78 is 18.8. The maximum atomic E-state index is 6.20. The van der Waals surface area contributed by atoms with Crippen molar-refractivity contribution in [2.45, 2.75) is 26.5 Å². The van der Waals surface area contributed by atoms with Crippen LogP contribution in [-0.2, 0) is 16.0 Å². The average molecular weight is 395 g/mol. The number of rotatable bonds is 3. The van der Waals surface area contributed by atoms with Crippen molar-refractivity contribution >= 4 is 29.1 Å². The van der Waals surface area contributed by atoms with Crippen molar-refractivity contribution in [1.29, 1.82) is 0 Å². The minimum absolute atomic E-state index is 0.0830. The summed E-state index contributed by atoms with van der Waals surface area (Å²) >= 11 is 6.20. The third-order valence-corrected chi connectivity index (χ3v) is 5.10. The van der Waals surface area contributed by atoms with E-state index in [1.807, 2.05) is 11.6 Å². The van der Waals surface area contributed by atoms with E-state index in [-0.39, 0.29) is 11.5 Å². The highest BCUT2D eigenvalue weighted by Crippen LogP contribution is 2.35. The van der Waals surface area contributed by atoms with E-state index in [1.165, 1.54) is 0 Å². The Morgan fingerprint density at radius 1 is 1.44 bits per heavy atom. The predicted molar refractivity (Wildman–Crippen MR) is 101 cm³/mol. The molecule has 146 valence electrons. The number of ether oxygens (including phenoxy) is 3. The minimum atomic E-state index is -0.187. The van der Waals surface area contributed by atoms with Crippen molar-refractivity contribution in [1.82, 2.24) is 19.7 Å². The molecule has 2 aromatic heterocycles. The lowest BCUT2D eigenvalue weighted by Gasteiger charge is -2.38. The SMILES string of the molecule is COC1CNc2nc(ncc2Cl)Nc2c(nn(CC3(C)COC3)c2C)OC1. The molecular weight excluding hydrogens is 372 g/mol. The molecule has 2 bridgehead atoms. The van der Waals surface area contributed by atoms with E-state index < -0.39 is 0 Å². The van der Waals surface area contributed by atoms with Crippen molar-refractivity contribution in [3.8, 4) is 5.88 Å². The molecule has 1 unspecified atom stereocenters. The molecule has 27 heavy (non-hydrogen) atoms. The van der Waals surface area contributed by atoms with Crippen molar-refractivity contribution in [2.75, 3.05) is 44.1 Å². The first-order valence-corrected chi connectivity index (χ1v) is 9.19. The van der Waals surface area contributed by atoms with Crippen LogP contribution < -0.4 is 15.4 Å². The van der Waals surface area contributed by atoms with Gasteiger partial charge in [-0.15, -0.1) is 5.10 Å². The molecule has 1 atom stereocenters. The molecule has 10 heteroatoms. The maximum absolute atomic E-state index is 6.20. The normalized spacial score (nSPS) is 21.0. The Morgan fingerprint density at radius 3 is 2.96 bits per heavy atom. The van der Waals surface area contributed by atoms with E-state index in [4.69, 9.17) is 25.8 Å². The van der Waals surface area contributed by atoms with E-state index in [0.29, 0.717) is 35.8 Å². The van der Waals surface area contributed by atoms with Crippen LogP contribution in [-0.4, -0.2) is 59.3 Å². The summed E-state index contributed by atoms with van der Waals surface area (Å²) in [6, 6.07) is 0. The lowest BCUT2D eigenvalue weighted by Crippen LogP contribution is -2.43. The Balaban J connectivity index is 1.70. The Morgan fingerprint density at radius 2 is 2.26 bits per heavy atom. The van der Waals surface area contributed by atoms with Gasteiger partial charge in [0.15, 0.2) is 5.82 Å². The summed E-state index contributed by atoms with van der Waals surface area (Å²) in [4.78, 5) is 8.73. The average Bonchev–Trinajstić information content (AvgIpc) is 2.90. The molecule has 4 rings (SSSR count). The van der Waals surface area contributed by atoms with Crippen LogP contribution >= 0.6 is 11.6 Å². The number of aromatic nitrogens is 4. The van der Waals surface area contributed by atoms with Gasteiger partial charge in [0, 0.05) is 19.1 Å². The number of hydrogen-bond donors (Lipinski definition) is 2. The molecule has 0 radical (unpaired) electrons. The third-order valence-electron chi connectivity index (χ3n) is 4.82. The smallest absolute Gasteiger partial charge is 0.257 e. The number of nitrogens with one attached hydrogen (secondary N) is 2. The molecule has 2 aromatic rings. The second kappa shape index (κ2) is 7.14. The summed E-state index contributed by atoms with van der Waals surface area (Å²) in [6.07, 6.45) is 1.37. The standard InChI is InChI=1S/C17H23ClN6O3/c1-10-13-15(23-24(10)7-17(2)8-26-9-17)27-6-11(25-3)4-19-14-12(18)5-20-16(21-13)22-14/h5,11H,4,6-9H2,1-3H3,(H2,19,20,21,22). The van der Waals surface area contributed by atoms with Crippen LogP contribution in [0, 0.1) is 12.3 Å². The van der Waals surface area contributed by atoms with Gasteiger partial charge in [-0.2, -0.15) is 4.98 Å². The molecule has 0 aromatic carbocycles. The zero-order chi connectivity index (χ0) is 19.0. The number of fused-ring (bicyclic) bond motifs is 3. The molecule has 0 saturated carbocycles. The topological polar surface area (TPSA) is 95.4 Å². The molecule has 1 saturated heterocycles. The molecule has 9 nitrogen and oxygen atoms in total. The van der Waals surface area contributed by atoms with Crippen molar-refractivity contribution in [3.63, 3.8) is 0 Å². The van der Waals surface area contributed by atoms with Crippen molar-refractivity contribution in [2.24, 2.45) is 5.41 Å². The van der Waals surface area contributed by atoms with Gasteiger partial charge in [0.2, 0.25) is 5.95 Å². The fraction of sp³-hybridized carbons (Fsp3) is 0.588. The van der Waals surface area contributed by atoms with Crippen molar-refractivity contribution < 1.29 is 14.2 Å². The highest BCUT2D eigenvalue weighted by molar-refractivity contribution is 6.32. The molecule has 2 N–H and O–H groups in total. The fourth-order valence-electron chi connectivity index (χ4n) is 3.08. The summed E-state index contributed by atoms with van der Waals surface area (Å²) in [7, 11) is 1.64. The Hall–Kier alpha value is -2.10. The lowest BCUT2D eigenvalue weighted by atomic mass is 9.89. The first-order valence-electron chi connectivity index (χ1n) is 8.81. The second-order valence-corrected chi connectivity index (χ2v) is 7.70. The predicted octanol–water partition coefficient (Wildman–Crippen LogP) is 2.23. The van der Waals surface area contributed by atoms with Gasteiger partial charge in [-0.1, -0.05) is 18.5 Å². The molecule has 2 aliphatic rings. The van der Waals surface area contributed by atoms with E-state index in [0.717, 1.165) is 31.1 Å². The van der Waals surface area contributed by atoms with E-state index in [1.54, 1.807) is 13.3 Å². The first-order chi connectivity index (χ1) is 13.0. The Bertz CT molecular complexity index is 838. The summed E-state index contributed by atoms with van der Waals surface area (Å²) in [5.74, 6) is 1.47. The summed E-state index contributed by atoms with van der Waals surface area (Å²) in [5, 5.41) is 11.5. The summed E-state index contributed by atoms with van der Waals surface area (Å²) in [5.41, 5.74) is 1.77. The first kappa shape index (κ1) is 18.3. The van der Waals surface area contributed by atoms with Gasteiger partial charge in [-0.05, 0) is 6.92 Å². The minimum Gasteiger partial charge on any atom is -0.472 e. The second-order valence-electron chi connectivity index (χ2n) is 7.29. The molecule has 0 spiro atoms. The zero-order valence-corrected chi connectivity index (χ0v) is 16.3. The van der Waals surface area contributed by atoms with Crippen LogP contribution in [0.2, 0.25) is 5.02 Å². The number of nitrogens with zero attached hydrogens (tertiary/aromatic N) is 4. The van der Waals surface area contributed by atoms with Crippen LogP contribution in [0.25, 0.3) is 0 Å². The van der Waals surface area contributed by atoms with Gasteiger partial charge in [0.05, 0.1) is 31.6 Å². The van der Waals surface area contributed by atoms with Gasteiger partial charge in [-0.25, -0.2) is 4.98 Å². The number of anilines is 3. The monoisotopic (exact) mass is 394 g/mol. The molecular formula is C17H23ClN6O3. The highest BCUT2D eigenvalue weighted by Gasteiger charge is 2.35. The molecule has 4 heterocycles. The van der Waals surface area contributed by atoms with Crippen LogP contribution in [0.3, 0.4) is 0 Å². The number of hydrogen-bond acceptors (Lipinski definition) is 8. The van der Waals surface area contributed by atoms with E-state index in [9.17, 15) is 0 Å². The van der Waals surface area contributed by atoms with Crippen LogP contribution in [0.15, 0.2) is 6.20 Å². The highest BCUT2D eigenvalue weighted by atomic mass is 35.5. The fourth-order valence-corrected chi connectivity index (χ4v) is 3.23. The molecule has 2 aliphatic heterocycles. The zero-order valence-electron chi connectivity index (χ0n) is 15.6. The van der Waals surface area contributed by atoms with Gasteiger partial charge in [0.1, 0.15) is 23.4 Å². The van der Waals surface area contributed by atoms with Gasteiger partial charge < -0.3 is 24.8 Å². The largest absolute Gasteiger partial charge is 0.472 e. The van der Waals surface area contributed by atoms with E-state index in [2.05, 4.69) is 32.6 Å². The van der Waals surface area contributed by atoms with Gasteiger partial charge in [0.25, 0.3) is 5.88 Å². The van der Waals surface area contributed by atoms with E-state index >= 15 is 0 Å². The Kier molecular flexibility index (Phi) is 4.83. The van der Waals surface area contributed by atoms with Gasteiger partial charge in [-0.3, -0.25) is 4.68 Å². The number of halogens is 1. The lowest BCUT2D eigenvalue weighted by molar-refractivity contribution is -0.111. The molecule has 0 amide bonds. The van der Waals surface area contributed by atoms with Crippen LogP contribution in [0.5, 0.6) is 5.88 Å². The Labute approximate surface area is 162 Å². The molecule has 1 fully saturated rings. The molecule has 0 aliphatic carbocycles. The quantitative estimate of drug-likeness (QED) is 0.818.